The number of benzene rings is 3. The molecule has 0 bridgehead atoms. The maximum Gasteiger partial charge on any atom is 0.335 e. The Morgan fingerprint density at radius 2 is 1.72 bits per heavy atom. The van der Waals surface area contributed by atoms with Gasteiger partial charge in [0.25, 0.3) is 11.8 Å². The molecule has 0 unspecified atom stereocenters. The number of amides is 4. The second kappa shape index (κ2) is 8.94. The Morgan fingerprint density at radius 3 is 2.47 bits per heavy atom. The number of rotatable bonds is 4. The average molecular weight is 469 g/mol. The number of hydrogen-bond donors (Lipinski definition) is 1. The Morgan fingerprint density at radius 1 is 0.938 bits per heavy atom. The maximum atomic E-state index is 13.6. The highest BCUT2D eigenvalue weighted by molar-refractivity contribution is 6.42. The molecule has 32 heavy (non-hydrogen) atoms. The lowest BCUT2D eigenvalue weighted by molar-refractivity contribution is -0.122. The molecule has 4 amide bonds. The third kappa shape index (κ3) is 4.42. The Kier molecular flexibility index (Phi) is 6.08. The van der Waals surface area contributed by atoms with Gasteiger partial charge >= 0.3 is 6.03 Å². The van der Waals surface area contributed by atoms with Crippen molar-refractivity contribution in [2.45, 2.75) is 6.42 Å². The molecule has 0 aromatic heterocycles. The minimum Gasteiger partial charge on any atom is -0.273 e. The highest BCUT2D eigenvalue weighted by Gasteiger charge is 2.37. The number of imide groups is 2. The topological polar surface area (TPSA) is 66.5 Å². The average Bonchev–Trinajstić information content (AvgIpc) is 2.74. The molecule has 0 spiro atoms. The molecule has 1 fully saturated rings. The van der Waals surface area contributed by atoms with Crippen LogP contribution in [0.2, 0.25) is 10.0 Å². The van der Waals surface area contributed by atoms with Gasteiger partial charge in [0.1, 0.15) is 11.4 Å². The minimum atomic E-state index is -0.892. The van der Waals surface area contributed by atoms with Gasteiger partial charge in [0, 0.05) is 5.02 Å². The zero-order valence-corrected chi connectivity index (χ0v) is 18.0. The van der Waals surface area contributed by atoms with Crippen molar-refractivity contribution >= 4 is 52.8 Å². The Bertz CT molecular complexity index is 1290. The lowest BCUT2D eigenvalue weighted by Crippen LogP contribution is -2.54. The number of halogens is 3. The van der Waals surface area contributed by atoms with E-state index in [-0.39, 0.29) is 22.1 Å². The lowest BCUT2D eigenvalue weighted by atomic mass is 9.97. The normalized spacial score (nSPS) is 15.3. The van der Waals surface area contributed by atoms with Gasteiger partial charge in [-0.25, -0.2) is 14.1 Å². The van der Waals surface area contributed by atoms with Crippen LogP contribution in [0.5, 0.6) is 0 Å². The fraction of sp³-hybridized carbons (Fsp3) is 0.0417. The summed E-state index contributed by atoms with van der Waals surface area (Å²) in [5, 5.41) is 2.74. The van der Waals surface area contributed by atoms with E-state index in [1.54, 1.807) is 42.5 Å². The van der Waals surface area contributed by atoms with Gasteiger partial charge in [-0.3, -0.25) is 14.9 Å². The molecule has 8 heteroatoms. The largest absolute Gasteiger partial charge is 0.335 e. The molecule has 160 valence electrons. The zero-order valence-electron chi connectivity index (χ0n) is 16.4. The van der Waals surface area contributed by atoms with E-state index in [1.807, 2.05) is 0 Å². The molecular formula is C24H15Cl2FN2O3. The number of para-hydroxylation sites is 1. The van der Waals surface area contributed by atoms with E-state index in [4.69, 9.17) is 23.2 Å². The van der Waals surface area contributed by atoms with E-state index in [9.17, 15) is 18.8 Å². The first-order valence-electron chi connectivity index (χ1n) is 9.52. The van der Waals surface area contributed by atoms with Crippen LogP contribution in [-0.2, 0) is 16.0 Å². The number of barbiturate groups is 1. The van der Waals surface area contributed by atoms with Crippen molar-refractivity contribution in [2.75, 3.05) is 4.90 Å². The SMILES string of the molecule is O=C1NC(=O)N(c2ccccc2Cl)C(=O)/C1=C/c1cc(Cl)ccc1Cc1cccc(F)c1. The summed E-state index contributed by atoms with van der Waals surface area (Å²) in [6, 6.07) is 16.5. The molecule has 0 saturated carbocycles. The van der Waals surface area contributed by atoms with Crippen molar-refractivity contribution in [1.82, 2.24) is 5.32 Å². The molecule has 1 aliphatic rings. The quantitative estimate of drug-likeness (QED) is 0.412. The number of carbonyl (C=O) groups is 3. The summed E-state index contributed by atoms with van der Waals surface area (Å²) in [5.41, 5.74) is 1.82. The number of anilines is 1. The Balaban J connectivity index is 1.76. The summed E-state index contributed by atoms with van der Waals surface area (Å²) in [7, 11) is 0. The number of hydrogen-bond acceptors (Lipinski definition) is 3. The predicted octanol–water partition coefficient (Wildman–Crippen LogP) is 5.39. The minimum absolute atomic E-state index is 0.154. The first kappa shape index (κ1) is 21.7. The van der Waals surface area contributed by atoms with Crippen molar-refractivity contribution in [2.24, 2.45) is 0 Å². The Labute approximate surface area is 193 Å². The molecule has 4 rings (SSSR count). The van der Waals surface area contributed by atoms with Gasteiger partial charge in [-0.1, -0.05) is 53.5 Å². The van der Waals surface area contributed by atoms with Gasteiger partial charge in [0.15, 0.2) is 0 Å². The number of nitrogens with one attached hydrogen (secondary N) is 1. The zero-order chi connectivity index (χ0) is 22.8. The highest BCUT2D eigenvalue weighted by Crippen LogP contribution is 2.29. The van der Waals surface area contributed by atoms with Crippen LogP contribution in [0.1, 0.15) is 16.7 Å². The number of carbonyl (C=O) groups excluding carboxylic acids is 3. The monoisotopic (exact) mass is 468 g/mol. The van der Waals surface area contributed by atoms with Crippen LogP contribution in [0.25, 0.3) is 6.08 Å². The fourth-order valence-electron chi connectivity index (χ4n) is 3.39. The van der Waals surface area contributed by atoms with E-state index in [2.05, 4.69) is 5.32 Å². The molecular weight excluding hydrogens is 454 g/mol. The lowest BCUT2D eigenvalue weighted by Gasteiger charge is -2.27. The van der Waals surface area contributed by atoms with Crippen LogP contribution in [0, 0.1) is 5.82 Å². The molecule has 1 aliphatic heterocycles. The third-order valence-corrected chi connectivity index (χ3v) is 5.44. The fourth-order valence-corrected chi connectivity index (χ4v) is 3.79. The maximum absolute atomic E-state index is 13.6. The van der Waals surface area contributed by atoms with Gasteiger partial charge in [-0.2, -0.15) is 0 Å². The van der Waals surface area contributed by atoms with Gasteiger partial charge in [0.2, 0.25) is 0 Å². The van der Waals surface area contributed by atoms with E-state index < -0.39 is 17.8 Å². The highest BCUT2D eigenvalue weighted by atomic mass is 35.5. The molecule has 0 aliphatic carbocycles. The standard InChI is InChI=1S/C24H15Cl2FN2O3/c25-17-9-8-15(10-14-4-3-5-18(27)11-14)16(12-17)13-19-22(30)28-24(32)29(23(19)31)21-7-2-1-6-20(21)26/h1-9,11-13H,10H2,(H,28,30,32)/b19-13+. The summed E-state index contributed by atoms with van der Waals surface area (Å²) in [6.07, 6.45) is 1.71. The Hall–Kier alpha value is -3.48. The molecule has 3 aromatic carbocycles. The smallest absolute Gasteiger partial charge is 0.273 e. The summed E-state index contributed by atoms with van der Waals surface area (Å²) < 4.78 is 13.6. The summed E-state index contributed by atoms with van der Waals surface area (Å²) >= 11 is 12.3. The summed E-state index contributed by atoms with van der Waals surface area (Å²) in [4.78, 5) is 38.9. The van der Waals surface area contributed by atoms with Crippen LogP contribution in [0.3, 0.4) is 0 Å². The second-order valence-electron chi connectivity index (χ2n) is 7.06. The second-order valence-corrected chi connectivity index (χ2v) is 7.90. The van der Waals surface area contributed by atoms with E-state index in [0.717, 1.165) is 4.90 Å². The van der Waals surface area contributed by atoms with Crippen LogP contribution in [0.4, 0.5) is 14.9 Å². The van der Waals surface area contributed by atoms with Gasteiger partial charge in [0.05, 0.1) is 10.7 Å². The van der Waals surface area contributed by atoms with Crippen LogP contribution >= 0.6 is 23.2 Å². The molecule has 1 saturated heterocycles. The molecule has 1 N–H and O–H groups in total. The van der Waals surface area contributed by atoms with E-state index in [0.29, 0.717) is 28.1 Å². The summed E-state index contributed by atoms with van der Waals surface area (Å²) in [6.45, 7) is 0. The third-order valence-electron chi connectivity index (χ3n) is 4.89. The summed E-state index contributed by atoms with van der Waals surface area (Å²) in [5.74, 6) is -2.02. The first-order valence-corrected chi connectivity index (χ1v) is 10.3. The predicted molar refractivity (Wildman–Crippen MR) is 121 cm³/mol. The van der Waals surface area contributed by atoms with Gasteiger partial charge < -0.3 is 0 Å². The van der Waals surface area contributed by atoms with Crippen molar-refractivity contribution in [1.29, 1.82) is 0 Å². The van der Waals surface area contributed by atoms with Gasteiger partial charge in [-0.05, 0) is 65.6 Å². The van der Waals surface area contributed by atoms with Crippen molar-refractivity contribution in [3.63, 3.8) is 0 Å². The molecule has 1 heterocycles. The van der Waals surface area contributed by atoms with Crippen LogP contribution < -0.4 is 10.2 Å². The van der Waals surface area contributed by atoms with Gasteiger partial charge in [-0.15, -0.1) is 0 Å². The van der Waals surface area contributed by atoms with Crippen LogP contribution in [-0.4, -0.2) is 17.8 Å². The number of urea groups is 1. The number of nitrogens with zero attached hydrogens (tertiary/aromatic N) is 1. The van der Waals surface area contributed by atoms with E-state index in [1.165, 1.54) is 30.3 Å². The van der Waals surface area contributed by atoms with Crippen molar-refractivity contribution < 1.29 is 18.8 Å². The van der Waals surface area contributed by atoms with E-state index >= 15 is 0 Å². The van der Waals surface area contributed by atoms with Crippen molar-refractivity contribution in [3.8, 4) is 0 Å². The first-order chi connectivity index (χ1) is 15.3. The van der Waals surface area contributed by atoms with Crippen LogP contribution in [0.15, 0.2) is 72.3 Å². The molecule has 0 atom stereocenters. The molecule has 0 radical (unpaired) electrons. The molecule has 3 aromatic rings. The van der Waals surface area contributed by atoms with Crippen molar-refractivity contribution in [3.05, 3.63) is 105 Å². The molecule has 5 nitrogen and oxygen atoms in total.